The highest BCUT2D eigenvalue weighted by Gasteiger charge is 2.34. The summed E-state index contributed by atoms with van der Waals surface area (Å²) in [7, 11) is 0. The van der Waals surface area contributed by atoms with Crippen LogP contribution in [0.4, 0.5) is 19.1 Å². The average molecular weight is 527 g/mol. The molecule has 0 radical (unpaired) electrons. The van der Waals surface area contributed by atoms with Crippen LogP contribution in [0, 0.1) is 5.92 Å². The van der Waals surface area contributed by atoms with Crippen LogP contribution >= 0.6 is 24.0 Å². The van der Waals surface area contributed by atoms with Crippen LogP contribution < -0.4 is 10.2 Å². The number of hydrogen-bond donors (Lipinski definition) is 1. The maximum atomic E-state index is 12.5. The number of alkyl halides is 3. The largest absolute Gasteiger partial charge is 0.401 e. The van der Waals surface area contributed by atoms with Crippen molar-refractivity contribution in [1.82, 2.24) is 25.1 Å². The predicted octanol–water partition coefficient (Wildman–Crippen LogP) is 2.07. The van der Waals surface area contributed by atoms with Crippen LogP contribution in [0.15, 0.2) is 23.5 Å². The topological polar surface area (TPSA) is 59.9 Å². The van der Waals surface area contributed by atoms with E-state index < -0.39 is 12.7 Å². The van der Waals surface area contributed by atoms with Crippen LogP contribution in [0.3, 0.4) is 0 Å². The highest BCUT2D eigenvalue weighted by Crippen LogP contribution is 2.23. The van der Waals surface area contributed by atoms with Gasteiger partial charge < -0.3 is 15.1 Å². The van der Waals surface area contributed by atoms with Gasteiger partial charge in [0.15, 0.2) is 5.96 Å². The lowest BCUT2D eigenvalue weighted by molar-refractivity contribution is -0.143. The molecule has 0 aromatic carbocycles. The summed E-state index contributed by atoms with van der Waals surface area (Å²) in [5.74, 6) is 1.75. The first-order chi connectivity index (χ1) is 13.4. The summed E-state index contributed by atoms with van der Waals surface area (Å²) in [5, 5.41) is 3.31. The van der Waals surface area contributed by atoms with E-state index in [1.807, 2.05) is 6.92 Å². The van der Waals surface area contributed by atoms with Gasteiger partial charge in [0.05, 0.1) is 6.54 Å². The molecule has 1 aromatic heterocycles. The highest BCUT2D eigenvalue weighted by molar-refractivity contribution is 14.0. The Kier molecular flexibility index (Phi) is 9.18. The van der Waals surface area contributed by atoms with E-state index in [0.717, 1.165) is 51.1 Å². The second kappa shape index (κ2) is 11.1. The second-order valence-corrected chi connectivity index (χ2v) is 7.22. The van der Waals surface area contributed by atoms with E-state index in [-0.39, 0.29) is 29.9 Å². The first-order valence-corrected chi connectivity index (χ1v) is 9.79. The molecule has 1 N–H and O–H groups in total. The monoisotopic (exact) mass is 527 g/mol. The molecule has 1 unspecified atom stereocenters. The number of hydrogen-bond acceptors (Lipinski definition) is 5. The van der Waals surface area contributed by atoms with E-state index in [0.29, 0.717) is 19.6 Å². The van der Waals surface area contributed by atoms with Crippen molar-refractivity contribution in [2.75, 3.05) is 63.8 Å². The average Bonchev–Trinajstić information content (AvgIpc) is 3.11. The molecule has 1 atom stereocenters. The molecule has 29 heavy (non-hydrogen) atoms. The molecule has 2 saturated heterocycles. The molecule has 2 aliphatic rings. The molecule has 2 fully saturated rings. The zero-order valence-electron chi connectivity index (χ0n) is 16.6. The Morgan fingerprint density at radius 2 is 1.86 bits per heavy atom. The van der Waals surface area contributed by atoms with Crippen LogP contribution in [-0.4, -0.2) is 90.8 Å². The SMILES string of the molecule is CCNC(=NCC1CCN(CC(F)(F)F)C1)N1CCN(c2ncccn2)CC1.I. The van der Waals surface area contributed by atoms with E-state index in [1.54, 1.807) is 18.5 Å². The van der Waals surface area contributed by atoms with E-state index in [9.17, 15) is 13.2 Å². The lowest BCUT2D eigenvalue weighted by Crippen LogP contribution is -2.53. The molecular weight excluding hydrogens is 498 g/mol. The Bertz CT molecular complexity index is 636. The summed E-state index contributed by atoms with van der Waals surface area (Å²) in [6.45, 7) is 6.66. The number of nitrogens with one attached hydrogen (secondary N) is 1. The van der Waals surface area contributed by atoms with Gasteiger partial charge in [-0.05, 0) is 31.9 Å². The van der Waals surface area contributed by atoms with Gasteiger partial charge in [0.1, 0.15) is 0 Å². The normalized spacial score (nSPS) is 21.2. The number of likely N-dealkylation sites (tertiary alicyclic amines) is 1. The molecule has 0 amide bonds. The molecule has 0 spiro atoms. The van der Waals surface area contributed by atoms with Crippen LogP contribution in [0.2, 0.25) is 0 Å². The molecule has 164 valence electrons. The van der Waals surface area contributed by atoms with Gasteiger partial charge in [-0.3, -0.25) is 9.89 Å². The molecular formula is C18H29F3IN7. The molecule has 11 heteroatoms. The van der Waals surface area contributed by atoms with Gasteiger partial charge in [-0.2, -0.15) is 13.2 Å². The highest BCUT2D eigenvalue weighted by atomic mass is 127. The van der Waals surface area contributed by atoms with E-state index >= 15 is 0 Å². The van der Waals surface area contributed by atoms with Crippen LogP contribution in [-0.2, 0) is 0 Å². The van der Waals surface area contributed by atoms with Crippen molar-refractivity contribution in [3.63, 3.8) is 0 Å². The summed E-state index contributed by atoms with van der Waals surface area (Å²) in [6, 6.07) is 1.80. The summed E-state index contributed by atoms with van der Waals surface area (Å²) in [4.78, 5) is 19.1. The number of piperazine rings is 1. The predicted molar refractivity (Wildman–Crippen MR) is 118 cm³/mol. The summed E-state index contributed by atoms with van der Waals surface area (Å²) < 4.78 is 37.6. The summed E-state index contributed by atoms with van der Waals surface area (Å²) >= 11 is 0. The number of aliphatic imine (C=N–C) groups is 1. The fourth-order valence-electron chi connectivity index (χ4n) is 3.67. The van der Waals surface area contributed by atoms with Crippen molar-refractivity contribution in [3.05, 3.63) is 18.5 Å². The fraction of sp³-hybridized carbons (Fsp3) is 0.722. The van der Waals surface area contributed by atoms with Crippen molar-refractivity contribution in [2.24, 2.45) is 10.9 Å². The molecule has 0 saturated carbocycles. The third kappa shape index (κ3) is 7.43. The number of aromatic nitrogens is 2. The minimum Gasteiger partial charge on any atom is -0.357 e. The minimum atomic E-state index is -4.13. The molecule has 1 aromatic rings. The van der Waals surface area contributed by atoms with Gasteiger partial charge >= 0.3 is 6.18 Å². The maximum absolute atomic E-state index is 12.5. The fourth-order valence-corrected chi connectivity index (χ4v) is 3.67. The van der Waals surface area contributed by atoms with Crippen LogP contribution in [0.1, 0.15) is 13.3 Å². The van der Waals surface area contributed by atoms with Crippen molar-refractivity contribution in [1.29, 1.82) is 0 Å². The van der Waals surface area contributed by atoms with Crippen LogP contribution in [0.25, 0.3) is 0 Å². The van der Waals surface area contributed by atoms with E-state index in [4.69, 9.17) is 4.99 Å². The zero-order valence-corrected chi connectivity index (χ0v) is 18.9. The second-order valence-electron chi connectivity index (χ2n) is 7.22. The maximum Gasteiger partial charge on any atom is 0.401 e. The van der Waals surface area contributed by atoms with Gasteiger partial charge in [0, 0.05) is 58.2 Å². The third-order valence-corrected chi connectivity index (χ3v) is 5.02. The Morgan fingerprint density at radius 3 is 2.48 bits per heavy atom. The molecule has 3 rings (SSSR count). The first-order valence-electron chi connectivity index (χ1n) is 9.79. The minimum absolute atomic E-state index is 0. The van der Waals surface area contributed by atoms with E-state index in [2.05, 4.69) is 25.1 Å². The lowest BCUT2D eigenvalue weighted by atomic mass is 10.1. The van der Waals surface area contributed by atoms with Gasteiger partial charge in [0.25, 0.3) is 0 Å². The lowest BCUT2D eigenvalue weighted by Gasteiger charge is -2.36. The Balaban J connectivity index is 0.00000300. The molecule has 0 bridgehead atoms. The number of anilines is 1. The molecule has 7 nitrogen and oxygen atoms in total. The molecule has 0 aliphatic carbocycles. The zero-order chi connectivity index (χ0) is 20.0. The van der Waals surface area contributed by atoms with Crippen molar-refractivity contribution >= 4 is 35.9 Å². The summed E-state index contributed by atoms with van der Waals surface area (Å²) in [6.07, 6.45) is 0.112. The van der Waals surface area contributed by atoms with Crippen molar-refractivity contribution in [3.8, 4) is 0 Å². The number of rotatable bonds is 5. The van der Waals surface area contributed by atoms with Gasteiger partial charge in [-0.1, -0.05) is 0 Å². The number of halogens is 4. The van der Waals surface area contributed by atoms with Gasteiger partial charge in [-0.15, -0.1) is 24.0 Å². The standard InChI is InChI=1S/C18H28F3N7.HI/c1-2-22-16(25-12-15-4-7-26(13-15)14-18(19,20)21)27-8-10-28(11-9-27)17-23-5-3-6-24-17;/h3,5-6,15H,2,4,7-14H2,1H3,(H,22,25);1H. The summed E-state index contributed by atoms with van der Waals surface area (Å²) in [5.41, 5.74) is 0. The first kappa shape index (κ1) is 23.9. The quantitative estimate of drug-likeness (QED) is 0.360. The Labute approximate surface area is 186 Å². The number of nitrogens with zero attached hydrogens (tertiary/aromatic N) is 6. The Morgan fingerprint density at radius 1 is 1.17 bits per heavy atom. The van der Waals surface area contributed by atoms with Gasteiger partial charge in [-0.25, -0.2) is 9.97 Å². The van der Waals surface area contributed by atoms with E-state index in [1.165, 1.54) is 4.90 Å². The smallest absolute Gasteiger partial charge is 0.357 e. The third-order valence-electron chi connectivity index (χ3n) is 5.02. The van der Waals surface area contributed by atoms with Crippen molar-refractivity contribution < 1.29 is 13.2 Å². The number of guanidine groups is 1. The molecule has 2 aliphatic heterocycles. The van der Waals surface area contributed by atoms with Crippen LogP contribution in [0.5, 0.6) is 0 Å². The Hall–Kier alpha value is -1.37. The van der Waals surface area contributed by atoms with Crippen molar-refractivity contribution in [2.45, 2.75) is 19.5 Å². The van der Waals surface area contributed by atoms with Gasteiger partial charge in [0.2, 0.25) is 5.95 Å². The molecule has 3 heterocycles.